The zero-order chi connectivity index (χ0) is 13.2. The Kier molecular flexibility index (Phi) is 2.77. The average molecular weight is 262 g/mol. The first-order chi connectivity index (χ1) is 6.71. The predicted octanol–water partition coefficient (Wildman–Crippen LogP) is 0.892. The van der Waals surface area contributed by atoms with E-state index in [1.165, 1.54) is 0 Å². The van der Waals surface area contributed by atoms with Crippen LogP contribution in [0.15, 0.2) is 0 Å². The molecule has 1 aliphatic carbocycles. The Morgan fingerprint density at radius 3 is 1.75 bits per heavy atom. The second-order valence-corrected chi connectivity index (χ2v) is 5.66. The zero-order valence-electron chi connectivity index (χ0n) is 9.05. The molecule has 1 rings (SSSR count). The fraction of sp³-hybridized carbons (Fsp3) is 1.00. The highest BCUT2D eigenvalue weighted by Crippen LogP contribution is 2.62. The van der Waals surface area contributed by atoms with Crippen LogP contribution in [-0.2, 0) is 0 Å². The molecule has 16 heavy (non-hydrogen) atoms. The van der Waals surface area contributed by atoms with Crippen LogP contribution in [0.2, 0.25) is 0 Å². The monoisotopic (exact) mass is 262 g/mol. The molecule has 0 radical (unpaired) electrons. The smallest absolute Gasteiger partial charge is 0.247 e. The van der Waals surface area contributed by atoms with Crippen molar-refractivity contribution < 1.29 is 26.3 Å². The number of hydrogen-bond acceptors (Lipinski definition) is 0. The summed E-state index contributed by atoms with van der Waals surface area (Å²) in [4.78, 5) is 0. The van der Waals surface area contributed by atoms with Crippen molar-refractivity contribution >= 4 is 24.9 Å². The van der Waals surface area contributed by atoms with Crippen LogP contribution in [0, 0.1) is 0 Å². The third-order valence-corrected chi connectivity index (χ3v) is 4.49. The minimum absolute atomic E-state index is 0.175. The van der Waals surface area contributed by atoms with Crippen LogP contribution < -0.4 is 0 Å². The first kappa shape index (κ1) is 14.2. The lowest BCUT2D eigenvalue weighted by Gasteiger charge is -2.55. The van der Waals surface area contributed by atoms with Gasteiger partial charge in [0.15, 0.2) is 32.3 Å². The molecule has 1 saturated carbocycles. The van der Waals surface area contributed by atoms with E-state index < -0.39 is 34.6 Å². The van der Waals surface area contributed by atoms with Crippen molar-refractivity contribution in [2.75, 3.05) is 0 Å². The summed E-state index contributed by atoms with van der Waals surface area (Å²) in [5.74, 6) is -4.61. The summed E-state index contributed by atoms with van der Waals surface area (Å²) in [5, 5.41) is -3.55. The molecular weight excluding hydrogens is 251 g/mol. The Morgan fingerprint density at radius 1 is 1.00 bits per heavy atom. The summed E-state index contributed by atoms with van der Waals surface area (Å²) in [6.07, 6.45) is -1.41. The van der Waals surface area contributed by atoms with E-state index in [0.717, 1.165) is 9.24 Å². The number of hydrogen-bond donors (Lipinski definition) is 0. The van der Waals surface area contributed by atoms with Crippen LogP contribution in [0.4, 0.5) is 26.3 Å². The van der Waals surface area contributed by atoms with E-state index in [0.29, 0.717) is 14.8 Å². The summed E-state index contributed by atoms with van der Waals surface area (Å²) in [6, 6.07) is 0. The van der Waals surface area contributed by atoms with Gasteiger partial charge in [-0.3, -0.25) is 0 Å². The topological polar surface area (TPSA) is 0 Å². The van der Waals surface area contributed by atoms with Crippen molar-refractivity contribution in [1.82, 2.24) is 0 Å². The van der Waals surface area contributed by atoms with E-state index in [2.05, 4.69) is 0 Å². The van der Waals surface area contributed by atoms with Gasteiger partial charge < -0.3 is 0 Å². The molecule has 5 atom stereocenters. The molecule has 1 fully saturated rings. The summed E-state index contributed by atoms with van der Waals surface area (Å²) < 4.78 is 81.8. The molecule has 0 amide bonds. The van der Waals surface area contributed by atoms with Crippen molar-refractivity contribution in [2.45, 2.75) is 41.5 Å². The zero-order valence-corrected chi connectivity index (χ0v) is 10.2. The van der Waals surface area contributed by atoms with Gasteiger partial charge in [0.05, 0.1) is 0 Å². The van der Waals surface area contributed by atoms with Gasteiger partial charge in [0.2, 0.25) is 0 Å². The third kappa shape index (κ3) is 1.37. The van der Waals surface area contributed by atoms with Gasteiger partial charge in [0, 0.05) is 6.42 Å². The molecule has 0 bridgehead atoms. The van der Waals surface area contributed by atoms with Crippen molar-refractivity contribution in [1.29, 1.82) is 0 Å². The summed E-state index contributed by atoms with van der Waals surface area (Å²) >= 11 is 0. The maximum absolute atomic E-state index is 13.8. The summed E-state index contributed by atoms with van der Waals surface area (Å²) in [5.41, 5.74) is -10.4. The summed E-state index contributed by atoms with van der Waals surface area (Å²) in [6.45, 7) is 0.574. The molecule has 0 aliphatic heterocycles. The largest absolute Gasteiger partial charge is 0.302 e. The molecule has 0 aromatic heterocycles. The fourth-order valence-corrected chi connectivity index (χ4v) is 2.35. The lowest BCUT2D eigenvalue weighted by atomic mass is 9.53. The van der Waals surface area contributed by atoms with Gasteiger partial charge in [-0.1, -0.05) is 9.24 Å². The molecular formula is C7H11B2F6P. The number of rotatable bonds is 0. The lowest BCUT2D eigenvalue weighted by molar-refractivity contribution is -0.251. The van der Waals surface area contributed by atoms with Crippen molar-refractivity contribution in [2.24, 2.45) is 0 Å². The minimum Gasteiger partial charge on any atom is -0.247 e. The van der Waals surface area contributed by atoms with Crippen LogP contribution >= 0.6 is 9.24 Å². The minimum atomic E-state index is -4.61. The van der Waals surface area contributed by atoms with Gasteiger partial charge >= 0.3 is 5.92 Å². The average Bonchev–Trinajstić information content (AvgIpc) is 1.98. The highest BCUT2D eigenvalue weighted by Gasteiger charge is 2.80. The van der Waals surface area contributed by atoms with E-state index in [9.17, 15) is 26.3 Å². The van der Waals surface area contributed by atoms with Gasteiger partial charge in [-0.15, -0.1) is 0 Å². The summed E-state index contributed by atoms with van der Waals surface area (Å²) in [7, 11) is 1.66. The lowest BCUT2D eigenvalue weighted by Crippen LogP contribution is -2.76. The van der Waals surface area contributed by atoms with Crippen LogP contribution in [0.25, 0.3) is 0 Å². The molecule has 0 aromatic carbocycles. The van der Waals surface area contributed by atoms with Gasteiger partial charge in [-0.2, -0.15) is 0 Å². The third-order valence-electron chi connectivity index (χ3n) is 3.35. The molecule has 0 aromatic rings. The molecule has 1 aliphatic rings. The Morgan fingerprint density at radius 2 is 1.38 bits per heavy atom. The van der Waals surface area contributed by atoms with Crippen LogP contribution in [0.1, 0.15) is 13.3 Å². The molecule has 0 heterocycles. The van der Waals surface area contributed by atoms with Crippen molar-refractivity contribution in [3.05, 3.63) is 0 Å². The van der Waals surface area contributed by atoms with Gasteiger partial charge in [-0.05, 0) is 6.92 Å². The highest BCUT2D eigenvalue weighted by molar-refractivity contribution is 7.19. The van der Waals surface area contributed by atoms with Gasteiger partial charge in [-0.25, -0.2) is 26.3 Å². The predicted molar refractivity (Wildman–Crippen MR) is 57.4 cm³/mol. The van der Waals surface area contributed by atoms with E-state index in [1.807, 2.05) is 0 Å². The van der Waals surface area contributed by atoms with E-state index in [4.69, 9.17) is 0 Å². The molecule has 0 nitrogen and oxygen atoms in total. The van der Waals surface area contributed by atoms with Crippen LogP contribution in [-0.4, -0.2) is 43.8 Å². The first-order valence-electron chi connectivity index (χ1n) is 4.63. The molecule has 9 heteroatoms. The Labute approximate surface area is 93.5 Å². The first-order valence-corrected chi connectivity index (χ1v) is 5.21. The molecule has 92 valence electrons. The normalized spacial score (nSPS) is 57.2. The van der Waals surface area contributed by atoms with E-state index >= 15 is 0 Å². The number of alkyl halides is 6. The van der Waals surface area contributed by atoms with Crippen LogP contribution in [0.5, 0.6) is 0 Å². The quantitative estimate of drug-likeness (QED) is 0.345. The van der Waals surface area contributed by atoms with Crippen molar-refractivity contribution in [3.63, 3.8) is 0 Å². The maximum Gasteiger partial charge on any atom is 0.302 e. The second-order valence-electron chi connectivity index (χ2n) is 4.86. The molecule has 0 N–H and O–H groups in total. The molecule has 5 unspecified atom stereocenters. The second kappa shape index (κ2) is 3.12. The van der Waals surface area contributed by atoms with Gasteiger partial charge in [0.25, 0.3) is 0 Å². The highest BCUT2D eigenvalue weighted by atomic mass is 31.0. The van der Waals surface area contributed by atoms with Crippen molar-refractivity contribution in [3.8, 4) is 0 Å². The van der Waals surface area contributed by atoms with Gasteiger partial charge in [0.1, 0.15) is 5.57 Å². The van der Waals surface area contributed by atoms with Crippen LogP contribution in [0.3, 0.4) is 0 Å². The maximum atomic E-state index is 13.8. The molecule has 0 spiro atoms. The molecule has 0 saturated heterocycles. The Balaban J connectivity index is 3.43. The van der Waals surface area contributed by atoms with E-state index in [-0.39, 0.29) is 7.85 Å². The van der Waals surface area contributed by atoms with E-state index in [1.54, 1.807) is 0 Å². The SMILES string of the molecule is BC1(F)CC(C)(F)C(F)(P)C(B)(F)C1(F)F. The number of halogens is 6. The fourth-order valence-electron chi connectivity index (χ4n) is 2.07. The standard InChI is InChI=1S/C7H11B2F6P/c1-3(10)2-4(8,11)6(13,14)5(9,12)7(3,15)16/h2,8-9,16H2,1H3. The Hall–Kier alpha value is 0.140. The Bertz CT molecular complexity index is 286.